The van der Waals surface area contributed by atoms with Crippen LogP contribution in [0.5, 0.6) is 0 Å². The van der Waals surface area contributed by atoms with Gasteiger partial charge in [-0.05, 0) is 47.7 Å². The van der Waals surface area contributed by atoms with Gasteiger partial charge in [0.1, 0.15) is 0 Å². The molecule has 0 atom stereocenters. The first-order valence-electron chi connectivity index (χ1n) is 8.83. The molecule has 3 aromatic carbocycles. The molecule has 0 bridgehead atoms. The van der Waals surface area contributed by atoms with Crippen molar-refractivity contribution in [2.24, 2.45) is 0 Å². The van der Waals surface area contributed by atoms with Gasteiger partial charge in [0, 0.05) is 0 Å². The van der Waals surface area contributed by atoms with Gasteiger partial charge in [0.25, 0.3) is 0 Å². The van der Waals surface area contributed by atoms with E-state index in [-0.39, 0.29) is 5.97 Å². The van der Waals surface area contributed by atoms with Gasteiger partial charge < -0.3 is 4.74 Å². The van der Waals surface area contributed by atoms with Gasteiger partial charge >= 0.3 is 5.97 Å². The molecule has 0 radical (unpaired) electrons. The third-order valence-electron chi connectivity index (χ3n) is 4.14. The number of carbonyl (C=O) groups excluding carboxylic acids is 1. The highest BCUT2D eigenvalue weighted by atomic mass is 16.5. The highest BCUT2D eigenvalue weighted by Gasteiger charge is 2.08. The van der Waals surface area contributed by atoms with Crippen molar-refractivity contribution in [2.45, 2.75) is 13.3 Å². The Morgan fingerprint density at radius 3 is 2.04 bits per heavy atom. The van der Waals surface area contributed by atoms with Gasteiger partial charge in [-0.25, -0.2) is 4.79 Å². The zero-order valence-electron chi connectivity index (χ0n) is 14.9. The lowest BCUT2D eigenvalue weighted by Crippen LogP contribution is -2.04. The summed E-state index contributed by atoms with van der Waals surface area (Å²) in [7, 11) is 0. The average molecular weight is 342 g/mol. The second kappa shape index (κ2) is 8.82. The van der Waals surface area contributed by atoms with E-state index in [0.29, 0.717) is 12.2 Å². The Morgan fingerprint density at radius 1 is 0.808 bits per heavy atom. The Morgan fingerprint density at radius 2 is 1.42 bits per heavy atom. The van der Waals surface area contributed by atoms with E-state index in [9.17, 15) is 4.79 Å². The van der Waals surface area contributed by atoms with Gasteiger partial charge in [0.05, 0.1) is 12.2 Å². The lowest BCUT2D eigenvalue weighted by atomic mass is 9.95. The summed E-state index contributed by atoms with van der Waals surface area (Å²) < 4.78 is 5.05. The molecular weight excluding hydrogens is 320 g/mol. The average Bonchev–Trinajstić information content (AvgIpc) is 2.70. The SMILES string of the molecule is CCOC(=O)c1ccc(C/C(=C\c2ccccc2)c2ccccc2)cc1. The van der Waals surface area contributed by atoms with E-state index in [1.54, 1.807) is 0 Å². The van der Waals surface area contributed by atoms with E-state index < -0.39 is 0 Å². The molecule has 0 amide bonds. The van der Waals surface area contributed by atoms with Crippen molar-refractivity contribution in [3.05, 3.63) is 107 Å². The van der Waals surface area contributed by atoms with E-state index in [1.165, 1.54) is 16.7 Å². The molecule has 0 aliphatic heterocycles. The van der Waals surface area contributed by atoms with Gasteiger partial charge in [-0.2, -0.15) is 0 Å². The fourth-order valence-corrected chi connectivity index (χ4v) is 2.83. The van der Waals surface area contributed by atoms with Crippen LogP contribution in [-0.4, -0.2) is 12.6 Å². The van der Waals surface area contributed by atoms with Gasteiger partial charge in [-0.15, -0.1) is 0 Å². The van der Waals surface area contributed by atoms with Gasteiger partial charge in [0.2, 0.25) is 0 Å². The number of allylic oxidation sites excluding steroid dienone is 1. The number of hydrogen-bond acceptors (Lipinski definition) is 2. The Bertz CT molecular complexity index is 863. The Hall–Kier alpha value is -3.13. The van der Waals surface area contributed by atoms with Crippen molar-refractivity contribution in [3.63, 3.8) is 0 Å². The molecule has 0 saturated heterocycles. The van der Waals surface area contributed by atoms with Crippen LogP contribution in [0.2, 0.25) is 0 Å². The quantitative estimate of drug-likeness (QED) is 0.427. The maximum atomic E-state index is 11.8. The molecule has 130 valence electrons. The summed E-state index contributed by atoms with van der Waals surface area (Å²) in [5, 5.41) is 0. The molecular formula is C24H22O2. The van der Waals surface area contributed by atoms with Crippen LogP contribution < -0.4 is 0 Å². The first-order valence-corrected chi connectivity index (χ1v) is 8.83. The first-order chi connectivity index (χ1) is 12.8. The minimum atomic E-state index is -0.276. The molecule has 26 heavy (non-hydrogen) atoms. The van der Waals surface area contributed by atoms with Crippen LogP contribution >= 0.6 is 0 Å². The number of carbonyl (C=O) groups is 1. The molecule has 2 nitrogen and oxygen atoms in total. The van der Waals surface area contributed by atoms with Crippen LogP contribution in [0.25, 0.3) is 11.6 Å². The van der Waals surface area contributed by atoms with Crippen LogP contribution in [-0.2, 0) is 11.2 Å². The summed E-state index contributed by atoms with van der Waals surface area (Å²) in [5.41, 5.74) is 5.36. The van der Waals surface area contributed by atoms with Crippen molar-refractivity contribution in [2.75, 3.05) is 6.61 Å². The lowest BCUT2D eigenvalue weighted by Gasteiger charge is -2.10. The zero-order chi connectivity index (χ0) is 18.2. The molecule has 2 heteroatoms. The molecule has 0 saturated carbocycles. The summed E-state index contributed by atoms with van der Waals surface area (Å²) >= 11 is 0. The number of ether oxygens (including phenoxy) is 1. The third kappa shape index (κ3) is 4.70. The third-order valence-corrected chi connectivity index (χ3v) is 4.14. The van der Waals surface area contributed by atoms with Gasteiger partial charge in [-0.1, -0.05) is 78.9 Å². The van der Waals surface area contributed by atoms with Gasteiger partial charge in [0.15, 0.2) is 0 Å². The zero-order valence-corrected chi connectivity index (χ0v) is 14.9. The smallest absolute Gasteiger partial charge is 0.338 e. The molecule has 0 aliphatic carbocycles. The van der Waals surface area contributed by atoms with Gasteiger partial charge in [-0.3, -0.25) is 0 Å². The van der Waals surface area contributed by atoms with E-state index in [2.05, 4.69) is 42.5 Å². The summed E-state index contributed by atoms with van der Waals surface area (Å²) in [4.78, 5) is 11.8. The maximum absolute atomic E-state index is 11.8. The van der Waals surface area contributed by atoms with Crippen molar-refractivity contribution in [1.29, 1.82) is 0 Å². The molecule has 0 fully saturated rings. The standard InChI is InChI=1S/C24H22O2/c1-2-26-24(25)22-15-13-20(14-16-22)18-23(21-11-7-4-8-12-21)17-19-9-5-3-6-10-19/h3-17H,2,18H2,1H3/b23-17+. The maximum Gasteiger partial charge on any atom is 0.338 e. The van der Waals surface area contributed by atoms with Crippen LogP contribution in [0.1, 0.15) is 34.0 Å². The van der Waals surface area contributed by atoms with Crippen molar-refractivity contribution in [3.8, 4) is 0 Å². The predicted molar refractivity (Wildman–Crippen MR) is 107 cm³/mol. The number of hydrogen-bond donors (Lipinski definition) is 0. The second-order valence-electron chi connectivity index (χ2n) is 6.04. The summed E-state index contributed by atoms with van der Waals surface area (Å²) in [6, 6.07) is 28.4. The fraction of sp³-hybridized carbons (Fsp3) is 0.125. The van der Waals surface area contributed by atoms with Crippen LogP contribution in [0.4, 0.5) is 0 Å². The lowest BCUT2D eigenvalue weighted by molar-refractivity contribution is 0.0526. The normalized spacial score (nSPS) is 11.2. The Kier molecular flexibility index (Phi) is 6.00. The fourth-order valence-electron chi connectivity index (χ4n) is 2.83. The van der Waals surface area contributed by atoms with E-state index in [4.69, 9.17) is 4.74 Å². The largest absolute Gasteiger partial charge is 0.462 e. The number of rotatable bonds is 6. The summed E-state index contributed by atoms with van der Waals surface area (Å²) in [6.07, 6.45) is 3.01. The Labute approximate surface area is 154 Å². The molecule has 0 heterocycles. The van der Waals surface area contributed by atoms with E-state index >= 15 is 0 Å². The summed E-state index contributed by atoms with van der Waals surface area (Å²) in [6.45, 7) is 2.20. The monoisotopic (exact) mass is 342 g/mol. The second-order valence-corrected chi connectivity index (χ2v) is 6.04. The predicted octanol–water partition coefficient (Wildman–Crippen LogP) is 5.65. The number of esters is 1. The molecule has 0 aliphatic rings. The Balaban J connectivity index is 1.87. The minimum Gasteiger partial charge on any atom is -0.462 e. The first kappa shape index (κ1) is 17.7. The summed E-state index contributed by atoms with van der Waals surface area (Å²) in [5.74, 6) is -0.276. The highest BCUT2D eigenvalue weighted by molar-refractivity contribution is 5.89. The molecule has 0 aromatic heterocycles. The molecule has 3 aromatic rings. The highest BCUT2D eigenvalue weighted by Crippen LogP contribution is 2.23. The molecule has 0 N–H and O–H groups in total. The topological polar surface area (TPSA) is 26.3 Å². The van der Waals surface area contributed by atoms with Crippen molar-refractivity contribution in [1.82, 2.24) is 0 Å². The van der Waals surface area contributed by atoms with E-state index in [1.807, 2.05) is 55.5 Å². The molecule has 3 rings (SSSR count). The van der Waals surface area contributed by atoms with Crippen LogP contribution in [0.3, 0.4) is 0 Å². The molecule has 0 unspecified atom stereocenters. The minimum absolute atomic E-state index is 0.276. The van der Waals surface area contributed by atoms with Crippen LogP contribution in [0.15, 0.2) is 84.9 Å². The van der Waals surface area contributed by atoms with E-state index in [0.717, 1.165) is 12.0 Å². The molecule has 0 spiro atoms. The number of benzene rings is 3. The van der Waals surface area contributed by atoms with Crippen LogP contribution in [0, 0.1) is 0 Å². The van der Waals surface area contributed by atoms with Crippen molar-refractivity contribution < 1.29 is 9.53 Å². The van der Waals surface area contributed by atoms with Crippen molar-refractivity contribution >= 4 is 17.6 Å².